The van der Waals surface area contributed by atoms with Crippen molar-refractivity contribution in [1.82, 2.24) is 29.3 Å². The molecule has 9 nitrogen and oxygen atoms in total. The van der Waals surface area contributed by atoms with Gasteiger partial charge in [-0.15, -0.1) is 0 Å². The summed E-state index contributed by atoms with van der Waals surface area (Å²) in [6, 6.07) is 8.80. The third-order valence-corrected chi connectivity index (χ3v) is 7.63. The fourth-order valence-corrected chi connectivity index (χ4v) is 5.68. The molecule has 4 aromatic rings. The molecule has 184 valence electrons. The van der Waals surface area contributed by atoms with Gasteiger partial charge < -0.3 is 10.0 Å². The normalized spacial score (nSPS) is 21.1. The van der Waals surface area contributed by atoms with E-state index >= 15 is 0 Å². The Bertz CT molecular complexity index is 1410. The van der Waals surface area contributed by atoms with Gasteiger partial charge in [-0.25, -0.2) is 9.50 Å². The first-order valence-electron chi connectivity index (χ1n) is 12.6. The van der Waals surface area contributed by atoms with E-state index in [1.54, 1.807) is 15.4 Å². The average molecular weight is 483 g/mol. The number of aromatic nitrogens is 5. The Labute approximate surface area is 210 Å². The van der Waals surface area contributed by atoms with Crippen molar-refractivity contribution in [3.8, 4) is 28.3 Å². The van der Waals surface area contributed by atoms with Gasteiger partial charge in [-0.2, -0.15) is 15.5 Å². The van der Waals surface area contributed by atoms with Crippen LogP contribution in [-0.2, 0) is 7.05 Å². The van der Waals surface area contributed by atoms with E-state index in [0.29, 0.717) is 11.6 Å². The summed E-state index contributed by atoms with van der Waals surface area (Å²) < 4.78 is 3.54. The molecule has 0 amide bonds. The van der Waals surface area contributed by atoms with Gasteiger partial charge in [0.05, 0.1) is 29.6 Å². The van der Waals surface area contributed by atoms with E-state index in [2.05, 4.69) is 44.3 Å². The molecule has 0 bridgehead atoms. The molecule has 9 heteroatoms. The number of hydrogen-bond acceptors (Lipinski definition) is 7. The van der Waals surface area contributed by atoms with Crippen molar-refractivity contribution in [2.24, 2.45) is 7.05 Å². The molecule has 1 saturated carbocycles. The number of anilines is 1. The quantitative estimate of drug-likeness (QED) is 0.477. The van der Waals surface area contributed by atoms with Crippen molar-refractivity contribution in [3.63, 3.8) is 0 Å². The van der Waals surface area contributed by atoms with Gasteiger partial charge in [-0.3, -0.25) is 9.58 Å². The van der Waals surface area contributed by atoms with Crippen molar-refractivity contribution in [2.75, 3.05) is 31.1 Å². The minimum Gasteiger partial charge on any atom is -0.391 e. The van der Waals surface area contributed by atoms with E-state index in [-0.39, 0.29) is 6.10 Å². The minimum absolute atomic E-state index is 0.191. The molecule has 0 aromatic carbocycles. The summed E-state index contributed by atoms with van der Waals surface area (Å²) in [5, 5.41) is 28.8. The van der Waals surface area contributed by atoms with Gasteiger partial charge in [0.2, 0.25) is 0 Å². The third kappa shape index (κ3) is 4.12. The molecule has 5 heterocycles. The van der Waals surface area contributed by atoms with Crippen LogP contribution in [0.1, 0.15) is 31.2 Å². The zero-order valence-corrected chi connectivity index (χ0v) is 20.5. The molecule has 36 heavy (non-hydrogen) atoms. The first kappa shape index (κ1) is 22.7. The summed E-state index contributed by atoms with van der Waals surface area (Å²) in [4.78, 5) is 9.59. The molecule has 1 saturated heterocycles. The van der Waals surface area contributed by atoms with E-state index in [1.165, 1.54) is 6.42 Å². The highest BCUT2D eigenvalue weighted by molar-refractivity contribution is 5.87. The smallest absolute Gasteiger partial charge is 0.128 e. The topological polar surface area (TPSA) is 98.5 Å². The molecule has 1 unspecified atom stereocenters. The highest BCUT2D eigenvalue weighted by Crippen LogP contribution is 2.32. The maximum absolute atomic E-state index is 10.4. The minimum atomic E-state index is -0.191. The lowest BCUT2D eigenvalue weighted by Crippen LogP contribution is -2.54. The monoisotopic (exact) mass is 482 g/mol. The zero-order chi connectivity index (χ0) is 24.6. The van der Waals surface area contributed by atoms with Gasteiger partial charge in [0.15, 0.2) is 0 Å². The van der Waals surface area contributed by atoms with Gasteiger partial charge >= 0.3 is 0 Å². The maximum Gasteiger partial charge on any atom is 0.128 e. The Morgan fingerprint density at radius 1 is 0.944 bits per heavy atom. The van der Waals surface area contributed by atoms with Crippen LogP contribution >= 0.6 is 0 Å². The lowest BCUT2D eigenvalue weighted by atomic mass is 9.91. The predicted octanol–water partition coefficient (Wildman–Crippen LogP) is 3.09. The van der Waals surface area contributed by atoms with Crippen LogP contribution in [0.4, 0.5) is 5.82 Å². The highest BCUT2D eigenvalue weighted by atomic mass is 16.3. The van der Waals surface area contributed by atoms with Crippen molar-refractivity contribution in [1.29, 1.82) is 5.26 Å². The Morgan fingerprint density at radius 3 is 2.47 bits per heavy atom. The molecule has 2 fully saturated rings. The second-order valence-corrected chi connectivity index (χ2v) is 9.86. The van der Waals surface area contributed by atoms with E-state index in [4.69, 9.17) is 4.98 Å². The number of aliphatic hydroxyl groups is 1. The molecular weight excluding hydrogens is 452 g/mol. The number of nitriles is 1. The zero-order valence-electron chi connectivity index (χ0n) is 20.5. The van der Waals surface area contributed by atoms with Crippen LogP contribution in [0.2, 0.25) is 0 Å². The molecule has 6 rings (SSSR count). The number of aliphatic hydroxyl groups excluding tert-OH is 1. The summed E-state index contributed by atoms with van der Waals surface area (Å²) >= 11 is 0. The predicted molar refractivity (Wildman–Crippen MR) is 137 cm³/mol. The van der Waals surface area contributed by atoms with Crippen molar-refractivity contribution < 1.29 is 5.11 Å². The van der Waals surface area contributed by atoms with Gasteiger partial charge in [-0.1, -0.05) is 12.8 Å². The highest BCUT2D eigenvalue weighted by Gasteiger charge is 2.31. The van der Waals surface area contributed by atoms with Crippen LogP contribution in [0.15, 0.2) is 49.2 Å². The lowest BCUT2D eigenvalue weighted by molar-refractivity contribution is 0.0172. The standard InChI is InChI=1S/C27H30N8O/c1-32-17-22(16-30-32)20-12-23(27-21(13-28)15-31-35(27)18-20)19-6-7-26(29-14-19)34-10-8-33(9-11-34)24-4-2-3-5-25(24)36/h6-7,12,14-18,24-25,36H,2-5,8-11H2,1H3/t24?,25-/m1/s1. The number of nitrogens with zero attached hydrogens (tertiary/aromatic N) is 8. The van der Waals surface area contributed by atoms with Crippen molar-refractivity contribution in [3.05, 3.63) is 54.7 Å². The first-order valence-corrected chi connectivity index (χ1v) is 12.6. The summed E-state index contributed by atoms with van der Waals surface area (Å²) in [5.41, 5.74) is 5.13. The van der Waals surface area contributed by atoms with Gasteiger partial charge in [0, 0.05) is 80.1 Å². The fourth-order valence-electron chi connectivity index (χ4n) is 5.68. The molecule has 0 radical (unpaired) electrons. The number of pyridine rings is 2. The van der Waals surface area contributed by atoms with Crippen LogP contribution in [0.5, 0.6) is 0 Å². The summed E-state index contributed by atoms with van der Waals surface area (Å²) in [7, 11) is 1.89. The molecule has 1 N–H and O–H groups in total. The molecule has 0 spiro atoms. The number of aryl methyl sites for hydroxylation is 1. The molecule has 2 aliphatic rings. The summed E-state index contributed by atoms with van der Waals surface area (Å²) in [5.74, 6) is 0.955. The summed E-state index contributed by atoms with van der Waals surface area (Å²) in [6.45, 7) is 3.69. The van der Waals surface area contributed by atoms with E-state index in [0.717, 1.165) is 79.0 Å². The largest absolute Gasteiger partial charge is 0.391 e. The second-order valence-electron chi connectivity index (χ2n) is 9.86. The van der Waals surface area contributed by atoms with E-state index in [1.807, 2.05) is 31.8 Å². The van der Waals surface area contributed by atoms with E-state index < -0.39 is 0 Å². The van der Waals surface area contributed by atoms with Crippen LogP contribution in [0.3, 0.4) is 0 Å². The van der Waals surface area contributed by atoms with Crippen molar-refractivity contribution in [2.45, 2.75) is 37.8 Å². The summed E-state index contributed by atoms with van der Waals surface area (Å²) in [6.07, 6.45) is 13.4. The van der Waals surface area contributed by atoms with Crippen LogP contribution in [0.25, 0.3) is 27.8 Å². The molecule has 1 aliphatic carbocycles. The Kier molecular flexibility index (Phi) is 5.91. The van der Waals surface area contributed by atoms with Crippen molar-refractivity contribution >= 4 is 11.3 Å². The third-order valence-electron chi connectivity index (χ3n) is 7.63. The number of rotatable bonds is 4. The average Bonchev–Trinajstić information content (AvgIpc) is 3.55. The number of fused-ring (bicyclic) bond motifs is 1. The molecule has 4 aromatic heterocycles. The second kappa shape index (κ2) is 9.37. The Morgan fingerprint density at radius 2 is 1.78 bits per heavy atom. The molecule has 1 aliphatic heterocycles. The SMILES string of the molecule is Cn1cc(-c2cc(-c3ccc(N4CCN(C5CCCC[C@H]5O)CC4)nc3)c3c(C#N)cnn3c2)cn1. The van der Waals surface area contributed by atoms with E-state index in [9.17, 15) is 10.4 Å². The van der Waals surface area contributed by atoms with Gasteiger partial charge in [0.1, 0.15) is 11.9 Å². The van der Waals surface area contributed by atoms with Crippen LogP contribution in [0, 0.1) is 11.3 Å². The lowest BCUT2D eigenvalue weighted by Gasteiger charge is -2.43. The fraction of sp³-hybridized carbons (Fsp3) is 0.407. The Balaban J connectivity index is 1.26. The maximum atomic E-state index is 10.4. The van der Waals surface area contributed by atoms with Crippen LogP contribution in [-0.4, -0.2) is 72.7 Å². The first-order chi connectivity index (χ1) is 17.6. The Hall–Kier alpha value is -3.74. The number of piperazine rings is 1. The number of hydrogen-bond donors (Lipinski definition) is 1. The van der Waals surface area contributed by atoms with Gasteiger partial charge in [0.25, 0.3) is 0 Å². The van der Waals surface area contributed by atoms with Crippen LogP contribution < -0.4 is 4.90 Å². The van der Waals surface area contributed by atoms with Gasteiger partial charge in [-0.05, 0) is 31.0 Å². The molecule has 2 atom stereocenters. The molecular formula is C27H30N8O.